The summed E-state index contributed by atoms with van der Waals surface area (Å²) in [5.74, 6) is -0.631. The minimum absolute atomic E-state index is 0.0289. The molecule has 0 spiro atoms. The molecule has 0 aromatic rings. The van der Waals surface area contributed by atoms with E-state index in [9.17, 15) is 13.6 Å². The molecule has 1 aliphatic rings. The number of halogens is 2. The van der Waals surface area contributed by atoms with Crippen molar-refractivity contribution in [3.63, 3.8) is 0 Å². The highest BCUT2D eigenvalue weighted by atomic mass is 19.3. The Hall–Kier alpha value is -0.710. The monoisotopic (exact) mass is 196 g/mol. The first kappa shape index (κ1) is 12.3. The number of carboxylic acid groups (broad SMARTS) is 1. The van der Waals surface area contributed by atoms with Gasteiger partial charge in [-0.1, -0.05) is 19.3 Å². The van der Waals surface area contributed by atoms with Crippen LogP contribution in [0.4, 0.5) is 8.78 Å². The molecule has 0 bridgehead atoms. The van der Waals surface area contributed by atoms with Crippen LogP contribution >= 0.6 is 0 Å². The molecule has 0 atom stereocenters. The minimum atomic E-state index is -3.17. The summed E-state index contributed by atoms with van der Waals surface area (Å²) in [5.41, 5.74) is 0. The van der Waals surface area contributed by atoms with E-state index in [0.29, 0.717) is 0 Å². The molecule has 0 aromatic heterocycles. The van der Waals surface area contributed by atoms with Crippen molar-refractivity contribution < 1.29 is 23.8 Å². The Morgan fingerprint density at radius 2 is 1.62 bits per heavy atom. The SMILES string of the molecule is O=C(O)C1CCCCC1.OC(F)F. The van der Waals surface area contributed by atoms with E-state index in [1.54, 1.807) is 0 Å². The average molecular weight is 196 g/mol. The van der Waals surface area contributed by atoms with Crippen LogP contribution in [-0.4, -0.2) is 22.8 Å². The molecule has 3 nitrogen and oxygen atoms in total. The summed E-state index contributed by atoms with van der Waals surface area (Å²) in [7, 11) is 0. The molecule has 0 unspecified atom stereocenters. The van der Waals surface area contributed by atoms with Crippen LogP contribution < -0.4 is 0 Å². The lowest BCUT2D eigenvalue weighted by atomic mass is 9.90. The molecule has 0 heterocycles. The molecular formula is C8H14F2O3. The molecule has 78 valence electrons. The van der Waals surface area contributed by atoms with E-state index in [0.717, 1.165) is 25.7 Å². The molecule has 13 heavy (non-hydrogen) atoms. The predicted octanol–water partition coefficient (Wildman–Crippen LogP) is 1.85. The highest BCUT2D eigenvalue weighted by Crippen LogP contribution is 2.23. The smallest absolute Gasteiger partial charge is 0.342 e. The quantitative estimate of drug-likeness (QED) is 0.672. The standard InChI is InChI=1S/C7H12O2.CH2F2O/c8-7(9)6-4-2-1-3-5-6;2-1(3)4/h6H,1-5H2,(H,8,9);1,4H. The second-order valence-corrected chi connectivity index (χ2v) is 2.95. The van der Waals surface area contributed by atoms with E-state index >= 15 is 0 Å². The van der Waals surface area contributed by atoms with Gasteiger partial charge in [0.05, 0.1) is 5.92 Å². The van der Waals surface area contributed by atoms with Crippen LogP contribution in [0.25, 0.3) is 0 Å². The highest BCUT2D eigenvalue weighted by Gasteiger charge is 2.19. The Labute approximate surface area is 75.4 Å². The van der Waals surface area contributed by atoms with Crippen molar-refractivity contribution in [3.8, 4) is 0 Å². The fourth-order valence-electron chi connectivity index (χ4n) is 1.35. The van der Waals surface area contributed by atoms with Crippen molar-refractivity contribution in [3.05, 3.63) is 0 Å². The fraction of sp³-hybridized carbons (Fsp3) is 0.875. The first-order chi connectivity index (χ1) is 6.04. The third-order valence-electron chi connectivity index (χ3n) is 1.95. The summed E-state index contributed by atoms with van der Waals surface area (Å²) in [6, 6.07) is 0. The first-order valence-corrected chi connectivity index (χ1v) is 4.23. The lowest BCUT2D eigenvalue weighted by molar-refractivity contribution is -0.142. The van der Waals surface area contributed by atoms with Gasteiger partial charge in [0.15, 0.2) is 0 Å². The van der Waals surface area contributed by atoms with Crippen LogP contribution in [0, 0.1) is 5.92 Å². The lowest BCUT2D eigenvalue weighted by Gasteiger charge is -2.16. The minimum Gasteiger partial charge on any atom is -0.481 e. The number of alkyl halides is 2. The molecule has 1 rings (SSSR count). The van der Waals surface area contributed by atoms with E-state index in [-0.39, 0.29) is 5.92 Å². The zero-order valence-electron chi connectivity index (χ0n) is 7.25. The van der Waals surface area contributed by atoms with Crippen LogP contribution in [0.5, 0.6) is 0 Å². The van der Waals surface area contributed by atoms with Gasteiger partial charge in [0.2, 0.25) is 0 Å². The van der Waals surface area contributed by atoms with Crippen LogP contribution in [0.3, 0.4) is 0 Å². The maximum Gasteiger partial charge on any atom is 0.342 e. The van der Waals surface area contributed by atoms with E-state index < -0.39 is 12.6 Å². The predicted molar refractivity (Wildman–Crippen MR) is 42.4 cm³/mol. The number of aliphatic hydroxyl groups excluding tert-OH is 1. The summed E-state index contributed by atoms with van der Waals surface area (Å²) in [4.78, 5) is 10.4. The number of aliphatic carboxylic acids is 1. The zero-order valence-corrected chi connectivity index (χ0v) is 7.25. The summed E-state index contributed by atoms with van der Waals surface area (Å²) < 4.78 is 19.8. The van der Waals surface area contributed by atoms with Gasteiger partial charge in [-0.2, -0.15) is 8.78 Å². The second-order valence-electron chi connectivity index (χ2n) is 2.95. The Morgan fingerprint density at radius 3 is 1.85 bits per heavy atom. The van der Waals surface area contributed by atoms with E-state index in [2.05, 4.69) is 0 Å². The maximum atomic E-state index is 10.4. The second kappa shape index (κ2) is 6.77. The van der Waals surface area contributed by atoms with Crippen molar-refractivity contribution >= 4 is 5.97 Å². The Bertz CT molecular complexity index is 142. The van der Waals surface area contributed by atoms with E-state index in [4.69, 9.17) is 10.2 Å². The normalized spacial score (nSPS) is 17.8. The molecule has 0 aromatic carbocycles. The van der Waals surface area contributed by atoms with Gasteiger partial charge < -0.3 is 10.2 Å². The molecule has 5 heteroatoms. The molecule has 1 aliphatic carbocycles. The third-order valence-corrected chi connectivity index (χ3v) is 1.95. The molecular weight excluding hydrogens is 182 g/mol. The van der Waals surface area contributed by atoms with E-state index in [1.807, 2.05) is 0 Å². The number of hydrogen-bond donors (Lipinski definition) is 2. The van der Waals surface area contributed by atoms with Crippen LogP contribution in [-0.2, 0) is 4.79 Å². The van der Waals surface area contributed by atoms with Gasteiger partial charge in [0.25, 0.3) is 0 Å². The first-order valence-electron chi connectivity index (χ1n) is 4.23. The number of rotatable bonds is 1. The van der Waals surface area contributed by atoms with Crippen molar-refractivity contribution in [1.82, 2.24) is 0 Å². The van der Waals surface area contributed by atoms with Gasteiger partial charge in [0.1, 0.15) is 0 Å². The lowest BCUT2D eigenvalue weighted by Crippen LogP contribution is -2.16. The van der Waals surface area contributed by atoms with Gasteiger partial charge in [0, 0.05) is 0 Å². The summed E-state index contributed by atoms with van der Waals surface area (Å²) in [6.07, 6.45) is 5.24. The number of hydrogen-bond acceptors (Lipinski definition) is 2. The Balaban J connectivity index is 0.000000310. The van der Waals surface area contributed by atoms with Crippen LogP contribution in [0.2, 0.25) is 0 Å². The maximum absolute atomic E-state index is 10.4. The average Bonchev–Trinajstić information content (AvgIpc) is 2.05. The molecule has 0 aliphatic heterocycles. The molecule has 1 fully saturated rings. The topological polar surface area (TPSA) is 57.5 Å². The van der Waals surface area contributed by atoms with Crippen molar-refractivity contribution in [1.29, 1.82) is 0 Å². The largest absolute Gasteiger partial charge is 0.481 e. The van der Waals surface area contributed by atoms with E-state index in [1.165, 1.54) is 6.42 Å². The Morgan fingerprint density at radius 1 is 1.23 bits per heavy atom. The fourth-order valence-corrected chi connectivity index (χ4v) is 1.35. The van der Waals surface area contributed by atoms with Gasteiger partial charge in [-0.3, -0.25) is 4.79 Å². The van der Waals surface area contributed by atoms with Crippen LogP contribution in [0.1, 0.15) is 32.1 Å². The molecule has 1 saturated carbocycles. The van der Waals surface area contributed by atoms with Gasteiger partial charge in [-0.05, 0) is 12.8 Å². The van der Waals surface area contributed by atoms with Crippen molar-refractivity contribution in [2.75, 3.05) is 0 Å². The van der Waals surface area contributed by atoms with Gasteiger partial charge >= 0.3 is 12.6 Å². The zero-order chi connectivity index (χ0) is 10.3. The summed E-state index contributed by atoms with van der Waals surface area (Å²) >= 11 is 0. The molecule has 0 saturated heterocycles. The Kier molecular flexibility index (Phi) is 6.40. The van der Waals surface area contributed by atoms with Gasteiger partial charge in [-0.25, -0.2) is 0 Å². The number of carbonyl (C=O) groups is 1. The summed E-state index contributed by atoms with van der Waals surface area (Å²) in [5, 5.41) is 15.3. The van der Waals surface area contributed by atoms with Crippen molar-refractivity contribution in [2.45, 2.75) is 38.7 Å². The number of aliphatic hydroxyl groups is 1. The number of carboxylic acids is 1. The van der Waals surface area contributed by atoms with Crippen molar-refractivity contribution in [2.24, 2.45) is 5.92 Å². The van der Waals surface area contributed by atoms with Gasteiger partial charge in [-0.15, -0.1) is 0 Å². The molecule has 2 N–H and O–H groups in total. The molecule has 0 amide bonds. The summed E-state index contributed by atoms with van der Waals surface area (Å²) in [6.45, 7) is -3.17. The van der Waals surface area contributed by atoms with Crippen LogP contribution in [0.15, 0.2) is 0 Å². The highest BCUT2D eigenvalue weighted by molar-refractivity contribution is 5.69. The third kappa shape index (κ3) is 7.64. The molecule has 0 radical (unpaired) electrons.